The lowest BCUT2D eigenvalue weighted by Crippen LogP contribution is -2.01. The third-order valence-corrected chi connectivity index (χ3v) is 2.70. The number of methoxy groups -OCH3 is 1. The third-order valence-electron chi connectivity index (χ3n) is 2.70. The van der Waals surface area contributed by atoms with Gasteiger partial charge in [-0.2, -0.15) is 0 Å². The molecule has 0 aliphatic heterocycles. The van der Waals surface area contributed by atoms with Crippen LogP contribution >= 0.6 is 0 Å². The Morgan fingerprint density at radius 3 is 2.50 bits per heavy atom. The fraction of sp³-hybridized carbons (Fsp3) is 0.200. The number of nitrogens with zero attached hydrogens (tertiary/aromatic N) is 1. The summed E-state index contributed by atoms with van der Waals surface area (Å²) in [5.41, 5.74) is 1.83. The first-order valence-corrected chi connectivity index (χ1v) is 6.06. The van der Waals surface area contributed by atoms with Crippen molar-refractivity contribution < 1.29 is 19.4 Å². The molecule has 1 aromatic heterocycles. The van der Waals surface area contributed by atoms with Crippen molar-refractivity contribution in [3.63, 3.8) is 0 Å². The number of aromatic carboxylic acids is 1. The van der Waals surface area contributed by atoms with Crippen LogP contribution in [0.3, 0.4) is 0 Å². The van der Waals surface area contributed by atoms with Crippen LogP contribution in [-0.2, 0) is 6.61 Å². The second-order valence-corrected chi connectivity index (χ2v) is 4.26. The van der Waals surface area contributed by atoms with Crippen molar-refractivity contribution in [2.45, 2.75) is 13.5 Å². The molecule has 0 radical (unpaired) electrons. The number of aromatic nitrogens is 1. The van der Waals surface area contributed by atoms with Crippen LogP contribution < -0.4 is 9.47 Å². The highest BCUT2D eigenvalue weighted by Crippen LogP contribution is 2.17. The lowest BCUT2D eigenvalue weighted by Gasteiger charge is -2.08. The number of carboxylic acids is 1. The fourth-order valence-electron chi connectivity index (χ4n) is 1.75. The summed E-state index contributed by atoms with van der Waals surface area (Å²) in [6, 6.07) is 9.89. The van der Waals surface area contributed by atoms with Gasteiger partial charge in [-0.25, -0.2) is 4.79 Å². The molecule has 2 rings (SSSR count). The maximum atomic E-state index is 10.7. The molecule has 0 aliphatic rings. The molecule has 5 heteroatoms. The van der Waals surface area contributed by atoms with E-state index >= 15 is 0 Å². The second-order valence-electron chi connectivity index (χ2n) is 4.26. The molecule has 0 spiro atoms. The van der Waals surface area contributed by atoms with Gasteiger partial charge in [0.1, 0.15) is 18.1 Å². The maximum Gasteiger partial charge on any atom is 0.335 e. The molecule has 1 heterocycles. The minimum Gasteiger partial charge on any atom is -0.497 e. The monoisotopic (exact) mass is 273 g/mol. The average molecular weight is 273 g/mol. The Balaban J connectivity index is 2.04. The Morgan fingerprint density at radius 1 is 1.20 bits per heavy atom. The molecule has 104 valence electrons. The smallest absolute Gasteiger partial charge is 0.335 e. The molecule has 0 amide bonds. The van der Waals surface area contributed by atoms with Gasteiger partial charge < -0.3 is 14.6 Å². The number of hydrogen-bond acceptors (Lipinski definition) is 4. The predicted molar refractivity (Wildman–Crippen MR) is 73.3 cm³/mol. The summed E-state index contributed by atoms with van der Waals surface area (Å²) < 4.78 is 10.7. The summed E-state index contributed by atoms with van der Waals surface area (Å²) in [7, 11) is 1.60. The van der Waals surface area contributed by atoms with Crippen LogP contribution in [0, 0.1) is 6.92 Å². The molecule has 5 nitrogen and oxygen atoms in total. The van der Waals surface area contributed by atoms with Gasteiger partial charge in [-0.15, -0.1) is 0 Å². The van der Waals surface area contributed by atoms with Crippen LogP contribution in [0.25, 0.3) is 0 Å². The van der Waals surface area contributed by atoms with Crippen LogP contribution in [0.15, 0.2) is 36.4 Å². The summed E-state index contributed by atoms with van der Waals surface area (Å²) in [5.74, 6) is 0.372. The SMILES string of the molecule is COc1cc(C)nc(COc2ccc(C(=O)O)cc2)c1. The number of ether oxygens (including phenoxy) is 2. The quantitative estimate of drug-likeness (QED) is 0.907. The largest absolute Gasteiger partial charge is 0.497 e. The molecule has 0 aliphatic carbocycles. The van der Waals surface area contributed by atoms with E-state index < -0.39 is 5.97 Å². The first-order valence-electron chi connectivity index (χ1n) is 6.06. The van der Waals surface area contributed by atoms with Gasteiger partial charge in [0.2, 0.25) is 0 Å². The molecule has 0 atom stereocenters. The van der Waals surface area contributed by atoms with E-state index in [0.29, 0.717) is 12.4 Å². The number of aryl methyl sites for hydroxylation is 1. The molecule has 0 saturated heterocycles. The van der Waals surface area contributed by atoms with Crippen LogP contribution in [0.5, 0.6) is 11.5 Å². The zero-order valence-electron chi connectivity index (χ0n) is 11.3. The van der Waals surface area contributed by atoms with Crippen LogP contribution in [-0.4, -0.2) is 23.2 Å². The predicted octanol–water partition coefficient (Wildman–Crippen LogP) is 2.68. The summed E-state index contributed by atoms with van der Waals surface area (Å²) >= 11 is 0. The standard InChI is InChI=1S/C15H15NO4/c1-10-7-14(19-2)8-12(16-10)9-20-13-5-3-11(4-6-13)15(17)18/h3-8H,9H2,1-2H3,(H,17,18). The molecule has 2 aromatic rings. The van der Waals surface area contributed by atoms with Crippen molar-refractivity contribution in [3.8, 4) is 11.5 Å². The Hall–Kier alpha value is -2.56. The molecule has 20 heavy (non-hydrogen) atoms. The first-order chi connectivity index (χ1) is 9.58. The molecule has 0 fully saturated rings. The summed E-state index contributed by atoms with van der Waals surface area (Å²) in [6.07, 6.45) is 0. The number of carboxylic acid groups (broad SMARTS) is 1. The van der Waals surface area contributed by atoms with E-state index in [9.17, 15) is 4.79 Å². The van der Waals surface area contributed by atoms with Gasteiger partial charge in [-0.1, -0.05) is 0 Å². The summed E-state index contributed by atoms with van der Waals surface area (Å²) in [6.45, 7) is 2.18. The van der Waals surface area contributed by atoms with Crippen LogP contribution in [0.2, 0.25) is 0 Å². The van der Waals surface area contributed by atoms with E-state index in [1.165, 1.54) is 12.1 Å². The topological polar surface area (TPSA) is 68.7 Å². The van der Waals surface area contributed by atoms with Crippen molar-refractivity contribution >= 4 is 5.97 Å². The Labute approximate surface area is 116 Å². The molecule has 0 bridgehead atoms. The third kappa shape index (κ3) is 3.47. The van der Waals surface area contributed by atoms with E-state index in [1.54, 1.807) is 25.3 Å². The molecular formula is C15H15NO4. The van der Waals surface area contributed by atoms with Gasteiger partial charge in [-0.3, -0.25) is 4.98 Å². The zero-order chi connectivity index (χ0) is 14.5. The lowest BCUT2D eigenvalue weighted by atomic mass is 10.2. The van der Waals surface area contributed by atoms with Gasteiger partial charge in [0, 0.05) is 17.8 Å². The lowest BCUT2D eigenvalue weighted by molar-refractivity contribution is 0.0697. The summed E-state index contributed by atoms with van der Waals surface area (Å²) in [4.78, 5) is 15.1. The average Bonchev–Trinajstić information content (AvgIpc) is 2.45. The van der Waals surface area contributed by atoms with Gasteiger partial charge in [0.15, 0.2) is 0 Å². The van der Waals surface area contributed by atoms with E-state index in [4.69, 9.17) is 14.6 Å². The van der Waals surface area contributed by atoms with Crippen molar-refractivity contribution in [2.24, 2.45) is 0 Å². The molecule has 1 N–H and O–H groups in total. The fourth-order valence-corrected chi connectivity index (χ4v) is 1.75. The second kappa shape index (κ2) is 6.06. The van der Waals surface area contributed by atoms with Crippen molar-refractivity contribution in [1.82, 2.24) is 4.98 Å². The molecule has 1 aromatic carbocycles. The molecular weight excluding hydrogens is 258 g/mol. The Bertz CT molecular complexity index is 608. The Kier molecular flexibility index (Phi) is 4.20. The van der Waals surface area contributed by atoms with Crippen molar-refractivity contribution in [1.29, 1.82) is 0 Å². The van der Waals surface area contributed by atoms with Crippen molar-refractivity contribution in [2.75, 3.05) is 7.11 Å². The molecule has 0 saturated carbocycles. The van der Waals surface area contributed by atoms with Crippen LogP contribution in [0.1, 0.15) is 21.7 Å². The van der Waals surface area contributed by atoms with E-state index in [1.807, 2.05) is 13.0 Å². The highest BCUT2D eigenvalue weighted by molar-refractivity contribution is 5.87. The Morgan fingerprint density at radius 2 is 1.90 bits per heavy atom. The zero-order valence-corrected chi connectivity index (χ0v) is 11.3. The van der Waals surface area contributed by atoms with Crippen molar-refractivity contribution in [3.05, 3.63) is 53.3 Å². The molecule has 0 unspecified atom stereocenters. The number of benzene rings is 1. The van der Waals surface area contributed by atoms with Gasteiger partial charge in [0.25, 0.3) is 0 Å². The normalized spacial score (nSPS) is 10.1. The van der Waals surface area contributed by atoms with E-state index in [-0.39, 0.29) is 5.56 Å². The minimum absolute atomic E-state index is 0.229. The number of carbonyl (C=O) groups is 1. The minimum atomic E-state index is -0.957. The van der Waals surface area contributed by atoms with E-state index in [0.717, 1.165) is 17.1 Å². The van der Waals surface area contributed by atoms with Gasteiger partial charge in [0.05, 0.1) is 18.4 Å². The number of rotatable bonds is 5. The first kappa shape index (κ1) is 13.9. The maximum absolute atomic E-state index is 10.7. The van der Waals surface area contributed by atoms with Gasteiger partial charge in [-0.05, 0) is 31.2 Å². The van der Waals surface area contributed by atoms with E-state index in [2.05, 4.69) is 4.98 Å². The van der Waals surface area contributed by atoms with Gasteiger partial charge >= 0.3 is 5.97 Å². The number of hydrogen-bond donors (Lipinski definition) is 1. The highest BCUT2D eigenvalue weighted by Gasteiger charge is 2.04. The van der Waals surface area contributed by atoms with Crippen LogP contribution in [0.4, 0.5) is 0 Å². The summed E-state index contributed by atoms with van der Waals surface area (Å²) in [5, 5.41) is 8.81. The highest BCUT2D eigenvalue weighted by atomic mass is 16.5. The number of pyridine rings is 1.